The van der Waals surface area contributed by atoms with Gasteiger partial charge in [-0.1, -0.05) is 13.8 Å². The number of rotatable bonds is 3. The Balaban J connectivity index is 2.49. The zero-order valence-electron chi connectivity index (χ0n) is 8.75. The quantitative estimate of drug-likeness (QED) is 0.808. The Morgan fingerprint density at radius 1 is 1.53 bits per heavy atom. The summed E-state index contributed by atoms with van der Waals surface area (Å²) < 4.78 is 0. The molecule has 0 amide bonds. The second-order valence-electron chi connectivity index (χ2n) is 3.76. The fourth-order valence-electron chi connectivity index (χ4n) is 1.63. The molecule has 1 N–H and O–H groups in total. The second kappa shape index (κ2) is 4.37. The number of hydrogen-bond acceptors (Lipinski definition) is 2. The number of aromatic amines is 1. The number of alkyl halides is 1. The summed E-state index contributed by atoms with van der Waals surface area (Å²) in [5.41, 5.74) is 4.42. The van der Waals surface area contributed by atoms with Crippen molar-refractivity contribution >= 4 is 22.9 Å². The fraction of sp³-hybridized carbons (Fsp3) is 0.364. The van der Waals surface area contributed by atoms with E-state index in [1.165, 1.54) is 0 Å². The van der Waals surface area contributed by atoms with Crippen LogP contribution < -0.4 is 0 Å². The maximum atomic E-state index is 5.98. The number of H-pyrrole nitrogens is 1. The average Bonchev–Trinajstić information content (AvgIpc) is 2.85. The number of nitrogens with one attached hydrogen (secondary N) is 1. The van der Waals surface area contributed by atoms with E-state index in [4.69, 9.17) is 11.6 Å². The Labute approximate surface area is 98.3 Å². The minimum atomic E-state index is 0.429. The zero-order chi connectivity index (χ0) is 10.8. The normalized spacial score (nSPS) is 11.2. The molecule has 0 aliphatic carbocycles. The van der Waals surface area contributed by atoms with Gasteiger partial charge in [-0.15, -0.1) is 11.6 Å². The zero-order valence-corrected chi connectivity index (χ0v) is 10.3. The molecule has 0 fully saturated rings. The van der Waals surface area contributed by atoms with Crippen molar-refractivity contribution in [1.82, 2.24) is 10.2 Å². The van der Waals surface area contributed by atoms with Crippen LogP contribution in [-0.4, -0.2) is 10.2 Å². The minimum absolute atomic E-state index is 0.429. The molecule has 15 heavy (non-hydrogen) atoms. The Kier molecular flexibility index (Phi) is 3.12. The topological polar surface area (TPSA) is 28.7 Å². The van der Waals surface area contributed by atoms with Crippen LogP contribution >= 0.6 is 22.9 Å². The molecule has 0 saturated carbocycles. The highest BCUT2D eigenvalue weighted by molar-refractivity contribution is 7.08. The van der Waals surface area contributed by atoms with Crippen molar-refractivity contribution in [3.8, 4) is 11.3 Å². The average molecular weight is 241 g/mol. The van der Waals surface area contributed by atoms with E-state index in [1.54, 1.807) is 11.3 Å². The number of hydrogen-bond donors (Lipinski definition) is 1. The lowest BCUT2D eigenvalue weighted by Crippen LogP contribution is -1.92. The fourth-order valence-corrected chi connectivity index (χ4v) is 2.54. The van der Waals surface area contributed by atoms with Crippen LogP contribution in [0.2, 0.25) is 0 Å². The number of aromatic nitrogens is 2. The van der Waals surface area contributed by atoms with Gasteiger partial charge in [0.15, 0.2) is 0 Å². The molecule has 0 unspecified atom stereocenters. The molecular weight excluding hydrogens is 228 g/mol. The van der Waals surface area contributed by atoms with Gasteiger partial charge in [-0.2, -0.15) is 16.4 Å². The summed E-state index contributed by atoms with van der Waals surface area (Å²) in [5, 5.41) is 11.6. The van der Waals surface area contributed by atoms with Gasteiger partial charge < -0.3 is 0 Å². The van der Waals surface area contributed by atoms with Crippen molar-refractivity contribution in [3.05, 3.63) is 28.1 Å². The molecule has 0 bridgehead atoms. The van der Waals surface area contributed by atoms with Crippen LogP contribution in [0.5, 0.6) is 0 Å². The smallest absolute Gasteiger partial charge is 0.0976 e. The van der Waals surface area contributed by atoms with Crippen molar-refractivity contribution in [2.75, 3.05) is 0 Å². The molecule has 80 valence electrons. The standard InChI is InChI=1S/C11H13ClN2S/c1-7(2)10-9(5-12)11(14-13-10)8-3-4-15-6-8/h3-4,6-7H,5H2,1-2H3,(H,13,14). The third-order valence-corrected chi connectivity index (χ3v) is 3.36. The summed E-state index contributed by atoms with van der Waals surface area (Å²) in [6, 6.07) is 2.07. The first kappa shape index (κ1) is 10.7. The lowest BCUT2D eigenvalue weighted by molar-refractivity contribution is 0.803. The van der Waals surface area contributed by atoms with Gasteiger partial charge in [0.25, 0.3) is 0 Å². The lowest BCUT2D eigenvalue weighted by atomic mass is 10.0. The summed E-state index contributed by atoms with van der Waals surface area (Å²) in [4.78, 5) is 0. The van der Waals surface area contributed by atoms with E-state index in [9.17, 15) is 0 Å². The van der Waals surface area contributed by atoms with Gasteiger partial charge >= 0.3 is 0 Å². The highest BCUT2D eigenvalue weighted by atomic mass is 35.5. The summed E-state index contributed by atoms with van der Waals surface area (Å²) >= 11 is 7.66. The molecule has 2 heterocycles. The number of nitrogens with zero attached hydrogens (tertiary/aromatic N) is 1. The monoisotopic (exact) mass is 240 g/mol. The van der Waals surface area contributed by atoms with E-state index in [-0.39, 0.29) is 0 Å². The van der Waals surface area contributed by atoms with Gasteiger partial charge in [0, 0.05) is 22.2 Å². The van der Waals surface area contributed by atoms with Gasteiger partial charge in [0.05, 0.1) is 11.6 Å². The van der Waals surface area contributed by atoms with Crippen molar-refractivity contribution in [2.24, 2.45) is 0 Å². The maximum absolute atomic E-state index is 5.98. The van der Waals surface area contributed by atoms with Crippen molar-refractivity contribution in [3.63, 3.8) is 0 Å². The third kappa shape index (κ3) is 1.94. The van der Waals surface area contributed by atoms with Crippen LogP contribution in [-0.2, 0) is 5.88 Å². The molecule has 0 spiro atoms. The number of halogens is 1. The van der Waals surface area contributed by atoms with Gasteiger partial charge in [0.1, 0.15) is 0 Å². The summed E-state index contributed by atoms with van der Waals surface area (Å²) in [5.74, 6) is 0.938. The highest BCUT2D eigenvalue weighted by Crippen LogP contribution is 2.30. The summed E-state index contributed by atoms with van der Waals surface area (Å²) in [6.45, 7) is 4.28. The van der Waals surface area contributed by atoms with E-state index in [0.717, 1.165) is 22.5 Å². The van der Waals surface area contributed by atoms with E-state index in [2.05, 4.69) is 40.9 Å². The minimum Gasteiger partial charge on any atom is -0.281 e. The van der Waals surface area contributed by atoms with Gasteiger partial charge in [0.2, 0.25) is 0 Å². The maximum Gasteiger partial charge on any atom is 0.0976 e. The van der Waals surface area contributed by atoms with Gasteiger partial charge in [-0.3, -0.25) is 5.10 Å². The second-order valence-corrected chi connectivity index (χ2v) is 4.81. The largest absolute Gasteiger partial charge is 0.281 e. The Bertz CT molecular complexity index is 431. The molecule has 0 radical (unpaired) electrons. The van der Waals surface area contributed by atoms with Crippen molar-refractivity contribution in [1.29, 1.82) is 0 Å². The van der Waals surface area contributed by atoms with E-state index < -0.39 is 0 Å². The lowest BCUT2D eigenvalue weighted by Gasteiger charge is -2.04. The van der Waals surface area contributed by atoms with E-state index >= 15 is 0 Å². The molecule has 2 nitrogen and oxygen atoms in total. The van der Waals surface area contributed by atoms with Gasteiger partial charge in [-0.25, -0.2) is 0 Å². The summed E-state index contributed by atoms with van der Waals surface area (Å²) in [7, 11) is 0. The molecule has 0 aromatic carbocycles. The predicted octanol–water partition coefficient (Wildman–Crippen LogP) is 4.00. The molecule has 2 aromatic rings. The first-order chi connectivity index (χ1) is 7.24. The van der Waals surface area contributed by atoms with Crippen molar-refractivity contribution in [2.45, 2.75) is 25.6 Å². The molecule has 0 aliphatic rings. The van der Waals surface area contributed by atoms with Crippen LogP contribution in [0, 0.1) is 0 Å². The van der Waals surface area contributed by atoms with Crippen LogP contribution in [0.4, 0.5) is 0 Å². The molecular formula is C11H13ClN2S. The van der Waals surface area contributed by atoms with Gasteiger partial charge in [-0.05, 0) is 17.4 Å². The SMILES string of the molecule is CC(C)c1[nH]nc(-c2ccsc2)c1CCl. The molecule has 0 saturated heterocycles. The highest BCUT2D eigenvalue weighted by Gasteiger charge is 2.15. The van der Waals surface area contributed by atoms with Crippen molar-refractivity contribution < 1.29 is 0 Å². The molecule has 4 heteroatoms. The van der Waals surface area contributed by atoms with Crippen LogP contribution in [0.25, 0.3) is 11.3 Å². The third-order valence-electron chi connectivity index (χ3n) is 2.40. The first-order valence-corrected chi connectivity index (χ1v) is 6.37. The summed E-state index contributed by atoms with van der Waals surface area (Å²) in [6.07, 6.45) is 0. The molecule has 2 aromatic heterocycles. The van der Waals surface area contributed by atoms with Crippen LogP contribution in [0.1, 0.15) is 31.0 Å². The predicted molar refractivity (Wildman–Crippen MR) is 65.5 cm³/mol. The first-order valence-electron chi connectivity index (χ1n) is 4.89. The van der Waals surface area contributed by atoms with Crippen LogP contribution in [0.15, 0.2) is 16.8 Å². The molecule has 2 rings (SSSR count). The van der Waals surface area contributed by atoms with E-state index in [0.29, 0.717) is 11.8 Å². The molecule has 0 aliphatic heterocycles. The Hall–Kier alpha value is -0.800. The molecule has 0 atom stereocenters. The van der Waals surface area contributed by atoms with E-state index in [1.807, 2.05) is 0 Å². The Morgan fingerprint density at radius 2 is 2.33 bits per heavy atom. The number of thiophene rings is 1. The Morgan fingerprint density at radius 3 is 2.87 bits per heavy atom. The van der Waals surface area contributed by atoms with Crippen LogP contribution in [0.3, 0.4) is 0 Å².